The Balaban J connectivity index is 1.85. The van der Waals surface area contributed by atoms with Gasteiger partial charge in [0.25, 0.3) is 0 Å². The molecule has 1 aliphatic rings. The molecule has 0 aliphatic carbocycles. The molecule has 0 radical (unpaired) electrons. The number of nitrogens with one attached hydrogen (secondary N) is 1. The largest absolute Gasteiger partial charge is 0.495 e. The van der Waals surface area contributed by atoms with Crippen molar-refractivity contribution in [1.82, 2.24) is 4.90 Å². The zero-order valence-electron chi connectivity index (χ0n) is 13.3. The molecule has 2 rings (SSSR count). The lowest BCUT2D eigenvalue weighted by Gasteiger charge is -2.30. The topological polar surface area (TPSA) is 41.6 Å². The Bertz CT molecular complexity index is 488. The van der Waals surface area contributed by atoms with E-state index in [2.05, 4.69) is 17.1 Å². The lowest BCUT2D eigenvalue weighted by atomic mass is 10.0. The molecule has 1 fully saturated rings. The number of ether oxygens (including phenoxy) is 1. The first-order chi connectivity index (χ1) is 10.1. The maximum absolute atomic E-state index is 12.1. The third-order valence-electron chi connectivity index (χ3n) is 4.03. The van der Waals surface area contributed by atoms with Crippen LogP contribution in [0, 0.1) is 12.8 Å². The molecular formula is C17H26N2O2. The van der Waals surface area contributed by atoms with Gasteiger partial charge in [-0.15, -0.1) is 0 Å². The van der Waals surface area contributed by atoms with Gasteiger partial charge in [-0.25, -0.2) is 0 Å². The number of piperidine rings is 1. The molecule has 4 heteroatoms. The van der Waals surface area contributed by atoms with Crippen LogP contribution in [0.15, 0.2) is 18.2 Å². The van der Waals surface area contributed by atoms with Crippen LogP contribution >= 0.6 is 0 Å². The number of likely N-dealkylation sites (tertiary alicyclic amines) is 1. The number of aryl methyl sites for hydroxylation is 1. The summed E-state index contributed by atoms with van der Waals surface area (Å²) in [5.74, 6) is 1.51. The smallest absolute Gasteiger partial charge is 0.225 e. The second kappa shape index (κ2) is 7.46. The molecule has 1 atom stereocenters. The normalized spacial score (nSPS) is 19.3. The van der Waals surface area contributed by atoms with Crippen LogP contribution in [0.5, 0.6) is 5.75 Å². The van der Waals surface area contributed by atoms with E-state index in [1.165, 1.54) is 12.8 Å². The first-order valence-electron chi connectivity index (χ1n) is 7.75. The summed E-state index contributed by atoms with van der Waals surface area (Å²) in [6.45, 7) is 7.35. The van der Waals surface area contributed by atoms with Crippen molar-refractivity contribution in [2.75, 3.05) is 32.1 Å². The highest BCUT2D eigenvalue weighted by Crippen LogP contribution is 2.25. The summed E-state index contributed by atoms with van der Waals surface area (Å²) in [5, 5.41) is 2.96. The van der Waals surface area contributed by atoms with Crippen molar-refractivity contribution in [3.8, 4) is 5.75 Å². The highest BCUT2D eigenvalue weighted by Gasteiger charge is 2.17. The van der Waals surface area contributed by atoms with E-state index >= 15 is 0 Å². The highest BCUT2D eigenvalue weighted by molar-refractivity contribution is 5.92. The summed E-state index contributed by atoms with van der Waals surface area (Å²) < 4.78 is 5.28. The Labute approximate surface area is 127 Å². The average Bonchev–Trinajstić information content (AvgIpc) is 2.45. The molecule has 1 amide bonds. The molecule has 4 nitrogen and oxygen atoms in total. The summed E-state index contributed by atoms with van der Waals surface area (Å²) in [6, 6.07) is 5.81. The molecule has 0 bridgehead atoms. The third-order valence-corrected chi connectivity index (χ3v) is 4.03. The van der Waals surface area contributed by atoms with Crippen LogP contribution < -0.4 is 10.1 Å². The minimum Gasteiger partial charge on any atom is -0.495 e. The van der Waals surface area contributed by atoms with Gasteiger partial charge in [0.15, 0.2) is 0 Å². The average molecular weight is 290 g/mol. The van der Waals surface area contributed by atoms with Gasteiger partial charge < -0.3 is 15.0 Å². The highest BCUT2D eigenvalue weighted by atomic mass is 16.5. The van der Waals surface area contributed by atoms with Gasteiger partial charge in [-0.05, 0) is 49.9 Å². The Morgan fingerprint density at radius 2 is 2.29 bits per heavy atom. The fourth-order valence-corrected chi connectivity index (χ4v) is 2.88. The van der Waals surface area contributed by atoms with Gasteiger partial charge in [0.1, 0.15) is 5.75 Å². The van der Waals surface area contributed by atoms with E-state index in [9.17, 15) is 4.79 Å². The van der Waals surface area contributed by atoms with Gasteiger partial charge >= 0.3 is 0 Å². The lowest BCUT2D eigenvalue weighted by Crippen LogP contribution is -2.36. The van der Waals surface area contributed by atoms with Gasteiger partial charge in [-0.3, -0.25) is 4.79 Å². The number of hydrogen-bond acceptors (Lipinski definition) is 3. The van der Waals surface area contributed by atoms with E-state index in [1.807, 2.05) is 25.1 Å². The Kier molecular flexibility index (Phi) is 5.62. The summed E-state index contributed by atoms with van der Waals surface area (Å²) in [6.07, 6.45) is 3.08. The number of methoxy groups -OCH3 is 1. The molecular weight excluding hydrogens is 264 g/mol. The third kappa shape index (κ3) is 4.74. The molecule has 0 spiro atoms. The maximum Gasteiger partial charge on any atom is 0.225 e. The molecule has 1 saturated heterocycles. The monoisotopic (exact) mass is 290 g/mol. The fourth-order valence-electron chi connectivity index (χ4n) is 2.88. The molecule has 116 valence electrons. The molecule has 1 aromatic carbocycles. The van der Waals surface area contributed by atoms with Gasteiger partial charge in [0.05, 0.1) is 12.8 Å². The first kappa shape index (κ1) is 15.8. The Hall–Kier alpha value is -1.55. The number of hydrogen-bond donors (Lipinski definition) is 1. The van der Waals surface area contributed by atoms with Gasteiger partial charge in [0, 0.05) is 19.5 Å². The summed E-state index contributed by atoms with van der Waals surface area (Å²) in [4.78, 5) is 14.5. The van der Waals surface area contributed by atoms with Crippen LogP contribution in [-0.2, 0) is 4.79 Å². The Morgan fingerprint density at radius 1 is 1.48 bits per heavy atom. The number of benzene rings is 1. The summed E-state index contributed by atoms with van der Waals surface area (Å²) in [5.41, 5.74) is 1.87. The number of rotatable bonds is 5. The van der Waals surface area contributed by atoms with Crippen LogP contribution in [0.2, 0.25) is 0 Å². The SMILES string of the molecule is COc1ccc(C)cc1NC(=O)CCN1CCCC(C)C1. The molecule has 21 heavy (non-hydrogen) atoms. The van der Waals surface area contributed by atoms with Crippen LogP contribution in [0.25, 0.3) is 0 Å². The predicted molar refractivity (Wildman–Crippen MR) is 85.8 cm³/mol. The van der Waals surface area contributed by atoms with Gasteiger partial charge in [0.2, 0.25) is 5.91 Å². The molecule has 1 heterocycles. The second-order valence-corrected chi connectivity index (χ2v) is 6.05. The van der Waals surface area contributed by atoms with Crippen molar-refractivity contribution in [2.45, 2.75) is 33.1 Å². The van der Waals surface area contributed by atoms with E-state index < -0.39 is 0 Å². The van der Waals surface area contributed by atoms with E-state index in [4.69, 9.17) is 4.74 Å². The number of carbonyl (C=O) groups excluding carboxylic acids is 1. The van der Waals surface area contributed by atoms with Crippen LogP contribution in [-0.4, -0.2) is 37.6 Å². The van der Waals surface area contributed by atoms with Crippen molar-refractivity contribution in [3.05, 3.63) is 23.8 Å². The van der Waals surface area contributed by atoms with E-state index in [0.29, 0.717) is 12.2 Å². The minimum absolute atomic E-state index is 0.0529. The predicted octanol–water partition coefficient (Wildman–Crippen LogP) is 3.06. The quantitative estimate of drug-likeness (QED) is 0.906. The zero-order chi connectivity index (χ0) is 15.2. The van der Waals surface area contributed by atoms with E-state index in [1.54, 1.807) is 7.11 Å². The maximum atomic E-state index is 12.1. The number of carbonyl (C=O) groups is 1. The number of amides is 1. The zero-order valence-corrected chi connectivity index (χ0v) is 13.3. The lowest BCUT2D eigenvalue weighted by molar-refractivity contribution is -0.116. The van der Waals surface area contributed by atoms with Crippen LogP contribution in [0.4, 0.5) is 5.69 Å². The Morgan fingerprint density at radius 3 is 3.00 bits per heavy atom. The van der Waals surface area contributed by atoms with Crippen molar-refractivity contribution >= 4 is 11.6 Å². The van der Waals surface area contributed by atoms with Crippen LogP contribution in [0.3, 0.4) is 0 Å². The standard InChI is InChI=1S/C17H26N2O2/c1-13-6-7-16(21-3)15(11-13)18-17(20)8-10-19-9-4-5-14(2)12-19/h6-7,11,14H,4-5,8-10,12H2,1-3H3,(H,18,20). The van der Waals surface area contributed by atoms with Gasteiger partial charge in [-0.1, -0.05) is 13.0 Å². The van der Waals surface area contributed by atoms with E-state index in [-0.39, 0.29) is 5.91 Å². The molecule has 0 saturated carbocycles. The van der Waals surface area contributed by atoms with Crippen LogP contribution in [0.1, 0.15) is 31.7 Å². The number of anilines is 1. The van der Waals surface area contributed by atoms with Crippen molar-refractivity contribution in [1.29, 1.82) is 0 Å². The first-order valence-corrected chi connectivity index (χ1v) is 7.75. The van der Waals surface area contributed by atoms with Crippen molar-refractivity contribution in [2.24, 2.45) is 5.92 Å². The minimum atomic E-state index is 0.0529. The fraction of sp³-hybridized carbons (Fsp3) is 0.588. The molecule has 1 unspecified atom stereocenters. The second-order valence-electron chi connectivity index (χ2n) is 6.05. The van der Waals surface area contributed by atoms with Crippen molar-refractivity contribution < 1.29 is 9.53 Å². The molecule has 1 aromatic rings. The molecule has 0 aromatic heterocycles. The van der Waals surface area contributed by atoms with Gasteiger partial charge in [-0.2, -0.15) is 0 Å². The number of nitrogens with zero attached hydrogens (tertiary/aromatic N) is 1. The van der Waals surface area contributed by atoms with Crippen molar-refractivity contribution in [3.63, 3.8) is 0 Å². The molecule has 1 N–H and O–H groups in total. The molecule has 1 aliphatic heterocycles. The van der Waals surface area contributed by atoms with E-state index in [0.717, 1.165) is 36.8 Å². The summed E-state index contributed by atoms with van der Waals surface area (Å²) in [7, 11) is 1.62. The summed E-state index contributed by atoms with van der Waals surface area (Å²) >= 11 is 0.